The van der Waals surface area contributed by atoms with Crippen molar-refractivity contribution in [2.45, 2.75) is 252 Å². The number of nitrogens with one attached hydrogen (secondary N) is 5. The van der Waals surface area contributed by atoms with E-state index in [1.54, 1.807) is 9.80 Å². The summed E-state index contributed by atoms with van der Waals surface area (Å²) in [6, 6.07) is 1.78. The van der Waals surface area contributed by atoms with Crippen molar-refractivity contribution in [3.8, 4) is 0 Å². The largest absolute Gasteiger partial charge is 0.352 e. The monoisotopic (exact) mass is 1160 g/mol. The van der Waals surface area contributed by atoms with Crippen molar-refractivity contribution in [3.05, 3.63) is 35.9 Å². The van der Waals surface area contributed by atoms with Gasteiger partial charge in [-0.1, -0.05) is 144 Å². The molecule has 0 spiro atoms. The molecule has 19 nitrogen and oxygen atoms in total. The highest BCUT2D eigenvalue weighted by Gasteiger charge is 2.46. The van der Waals surface area contributed by atoms with Gasteiger partial charge in [0.15, 0.2) is 0 Å². The van der Waals surface area contributed by atoms with E-state index < -0.39 is 83.8 Å². The number of likely N-dealkylation sites (tertiary alicyclic amines) is 3. The van der Waals surface area contributed by atoms with Crippen LogP contribution in [0.15, 0.2) is 30.3 Å². The van der Waals surface area contributed by atoms with Gasteiger partial charge in [-0.15, -0.1) is 0 Å². The summed E-state index contributed by atoms with van der Waals surface area (Å²) in [6.45, 7) is 18.7. The normalized spacial score (nSPS) is 21.5. The third kappa shape index (κ3) is 20.9. The van der Waals surface area contributed by atoms with E-state index in [0.717, 1.165) is 76.2 Å². The zero-order valence-corrected chi connectivity index (χ0v) is 52.2. The van der Waals surface area contributed by atoms with Crippen molar-refractivity contribution in [1.82, 2.24) is 46.2 Å². The van der Waals surface area contributed by atoms with Gasteiger partial charge in [-0.05, 0) is 99.9 Å². The van der Waals surface area contributed by atoms with Gasteiger partial charge >= 0.3 is 0 Å². The van der Waals surface area contributed by atoms with Gasteiger partial charge in [-0.3, -0.25) is 43.2 Å². The van der Waals surface area contributed by atoms with E-state index in [-0.39, 0.29) is 98.5 Å². The van der Waals surface area contributed by atoms with Crippen LogP contribution in [0.1, 0.15) is 196 Å². The van der Waals surface area contributed by atoms with Crippen molar-refractivity contribution >= 4 is 53.2 Å². The molecule has 9 atom stereocenters. The number of benzene rings is 1. The van der Waals surface area contributed by atoms with Gasteiger partial charge in [0, 0.05) is 58.2 Å². The number of carbonyl (C=O) groups is 9. The second-order valence-electron chi connectivity index (χ2n) is 26.2. The fourth-order valence-corrected chi connectivity index (χ4v) is 12.5. The highest BCUT2D eigenvalue weighted by atomic mass is 16.2. The van der Waals surface area contributed by atoms with Crippen LogP contribution in [-0.4, -0.2) is 160 Å². The first kappa shape index (κ1) is 68.2. The van der Waals surface area contributed by atoms with Gasteiger partial charge in [0.25, 0.3) is 0 Å². The Morgan fingerprint density at radius 2 is 1.22 bits per heavy atom. The lowest BCUT2D eigenvalue weighted by Gasteiger charge is -2.36. The molecule has 7 N–H and O–H groups in total. The summed E-state index contributed by atoms with van der Waals surface area (Å²) >= 11 is 0. The van der Waals surface area contributed by atoms with E-state index in [2.05, 4.69) is 33.5 Å². The first-order valence-electron chi connectivity index (χ1n) is 32.0. The molecule has 4 aliphatic rings. The first-order valence-corrected chi connectivity index (χ1v) is 32.0. The molecule has 3 aliphatic heterocycles. The van der Waals surface area contributed by atoms with Crippen LogP contribution in [-0.2, 0) is 49.6 Å². The summed E-state index contributed by atoms with van der Waals surface area (Å²) in [4.78, 5) is 135. The van der Waals surface area contributed by atoms with Crippen LogP contribution in [0.25, 0.3) is 0 Å². The molecule has 0 radical (unpaired) electrons. The summed E-state index contributed by atoms with van der Waals surface area (Å²) in [5.74, 6) is -4.60. The zero-order chi connectivity index (χ0) is 60.9. The fraction of sp³-hybridized carbons (Fsp3) is 0.766. The Balaban J connectivity index is 1.30. The second-order valence-corrected chi connectivity index (χ2v) is 26.2. The van der Waals surface area contributed by atoms with E-state index in [9.17, 15) is 43.2 Å². The molecular formula is C64H106N10O9. The zero-order valence-electron chi connectivity index (χ0n) is 52.2. The van der Waals surface area contributed by atoms with Gasteiger partial charge in [-0.25, -0.2) is 0 Å². The number of hydrogen-bond donors (Lipinski definition) is 6. The number of nitrogens with zero attached hydrogens (tertiary/aromatic N) is 4. The Labute approximate surface area is 496 Å². The quantitative estimate of drug-likeness (QED) is 0.0394. The standard InChI is InChI=1S/C64H106N10O9/c1-11-12-13-14-22-31-55(75)72-32-23-27-46(39-72)57(76)67-50(37-45-25-18-17-19-26-45)59(78)68-49(34-41(2)3)58(77)69-51(35-42(4)5)62(81)74-40-47(65)38-54(74)63(82)71(10)53(36-43(6)7)61(80)70-56(44(8)9)64(83)73-33-24-30-52(73)60(79)66-48-28-20-15-16-21-29-48/h17-19,25-26,41-44,46-54,56H,11-16,20-24,27-40,65H2,1-10H3,(H,66,79)(H,67,76)(H,68,78)(H,69,77)(H,70,80)/t46-,47-,49-,50-,51-,52-,53-,54-,56-/m0/s1. The third-order valence-electron chi connectivity index (χ3n) is 17.2. The average molecular weight is 1160 g/mol. The van der Waals surface area contributed by atoms with E-state index >= 15 is 0 Å². The fourth-order valence-electron chi connectivity index (χ4n) is 12.5. The number of amides is 9. The van der Waals surface area contributed by atoms with Crippen LogP contribution in [0.3, 0.4) is 0 Å². The minimum absolute atomic E-state index is 0.0167. The van der Waals surface area contributed by atoms with Crippen LogP contribution in [0, 0.1) is 29.6 Å². The van der Waals surface area contributed by atoms with Crippen molar-refractivity contribution in [1.29, 1.82) is 0 Å². The molecule has 1 aromatic carbocycles. The molecule has 466 valence electrons. The number of likely N-dealkylation sites (N-methyl/N-ethyl adjacent to an activating group) is 1. The lowest BCUT2D eigenvalue weighted by atomic mass is 9.95. The predicted molar refractivity (Wildman–Crippen MR) is 323 cm³/mol. The van der Waals surface area contributed by atoms with Crippen molar-refractivity contribution in [2.24, 2.45) is 35.3 Å². The van der Waals surface area contributed by atoms with E-state index in [0.29, 0.717) is 45.2 Å². The van der Waals surface area contributed by atoms with Crippen LogP contribution >= 0.6 is 0 Å². The molecule has 0 bridgehead atoms. The Morgan fingerprint density at radius 1 is 0.602 bits per heavy atom. The summed E-state index contributed by atoms with van der Waals surface area (Å²) in [7, 11) is 1.53. The van der Waals surface area contributed by atoms with E-state index in [4.69, 9.17) is 5.73 Å². The SMILES string of the molecule is CCCCCCCC(=O)N1CCC[C@H](C(=O)N[C@@H](Cc2ccccc2)C(=O)N[C@@H](CC(C)C)C(=O)N[C@@H](CC(C)C)C(=O)N2C[C@@H](N)C[C@H]2C(=O)N(C)[C@@H](CC(C)C)C(=O)N[C@H](C(=O)N2CCC[C@H]2C(=O)NC2CCCCCC2)C(C)C)C1. The molecule has 1 aromatic rings. The number of carbonyl (C=O) groups excluding carboxylic acids is 9. The lowest BCUT2D eigenvalue weighted by Crippen LogP contribution is -2.61. The highest BCUT2D eigenvalue weighted by molar-refractivity contribution is 5.98. The van der Waals surface area contributed by atoms with Gasteiger partial charge in [0.2, 0.25) is 53.2 Å². The first-order chi connectivity index (χ1) is 39.5. The molecule has 3 saturated heterocycles. The van der Waals surface area contributed by atoms with Gasteiger partial charge < -0.3 is 51.9 Å². The molecule has 1 saturated carbocycles. The number of piperidine rings is 1. The summed E-state index contributed by atoms with van der Waals surface area (Å²) < 4.78 is 0. The molecule has 0 aromatic heterocycles. The number of rotatable bonds is 29. The van der Waals surface area contributed by atoms with Gasteiger partial charge in [-0.2, -0.15) is 0 Å². The summed E-state index contributed by atoms with van der Waals surface area (Å²) in [5, 5.41) is 15.1. The second kappa shape index (κ2) is 33.8. The van der Waals surface area contributed by atoms with E-state index in [1.165, 1.54) is 16.8 Å². The number of unbranched alkanes of at least 4 members (excludes halogenated alkanes) is 4. The minimum atomic E-state index is -1.12. The molecule has 0 unspecified atom stereocenters. The highest BCUT2D eigenvalue weighted by Crippen LogP contribution is 2.27. The Kier molecular flexibility index (Phi) is 27.8. The maximum atomic E-state index is 15.0. The average Bonchev–Trinajstić information content (AvgIpc) is 4.28. The van der Waals surface area contributed by atoms with Crippen molar-refractivity contribution in [3.63, 3.8) is 0 Å². The molecule has 83 heavy (non-hydrogen) atoms. The predicted octanol–water partition coefficient (Wildman–Crippen LogP) is 6.15. The van der Waals surface area contributed by atoms with Crippen molar-refractivity contribution < 1.29 is 43.2 Å². The summed E-state index contributed by atoms with van der Waals surface area (Å²) in [5.41, 5.74) is 7.37. The van der Waals surface area contributed by atoms with E-state index in [1.807, 2.05) is 85.7 Å². The van der Waals surface area contributed by atoms with Gasteiger partial charge in [0.05, 0.1) is 5.92 Å². The molecule has 19 heteroatoms. The molecule has 3 heterocycles. The molecular weight excluding hydrogens is 1050 g/mol. The number of hydrogen-bond acceptors (Lipinski definition) is 10. The third-order valence-corrected chi connectivity index (χ3v) is 17.2. The van der Waals surface area contributed by atoms with Crippen molar-refractivity contribution in [2.75, 3.05) is 33.2 Å². The summed E-state index contributed by atoms with van der Waals surface area (Å²) in [6.07, 6.45) is 15.2. The van der Waals surface area contributed by atoms with Crippen LogP contribution < -0.4 is 32.3 Å². The van der Waals surface area contributed by atoms with Crippen LogP contribution in [0.5, 0.6) is 0 Å². The lowest BCUT2D eigenvalue weighted by molar-refractivity contribution is -0.149. The Hall–Kier alpha value is -5.59. The molecule has 4 fully saturated rings. The smallest absolute Gasteiger partial charge is 0.246 e. The maximum absolute atomic E-state index is 15.0. The maximum Gasteiger partial charge on any atom is 0.246 e. The van der Waals surface area contributed by atoms with Crippen LogP contribution in [0.2, 0.25) is 0 Å². The minimum Gasteiger partial charge on any atom is -0.352 e. The topological polar surface area (TPSA) is 253 Å². The molecule has 5 rings (SSSR count). The number of nitrogens with two attached hydrogens (primary N) is 1. The van der Waals surface area contributed by atoms with Crippen LogP contribution in [0.4, 0.5) is 0 Å². The Morgan fingerprint density at radius 3 is 1.86 bits per heavy atom. The molecule has 1 aliphatic carbocycles. The molecule has 9 amide bonds. The Bertz CT molecular complexity index is 2290. The van der Waals surface area contributed by atoms with Gasteiger partial charge in [0.1, 0.15) is 42.3 Å².